The van der Waals surface area contributed by atoms with Gasteiger partial charge in [0.2, 0.25) is 0 Å². The van der Waals surface area contributed by atoms with Crippen molar-refractivity contribution in [3.63, 3.8) is 0 Å². The molecule has 2 N–H and O–H groups in total. The number of carbonyl (C=O) groups is 1. The summed E-state index contributed by atoms with van der Waals surface area (Å²) < 4.78 is 5.04. The van der Waals surface area contributed by atoms with Crippen molar-refractivity contribution in [3.05, 3.63) is 41.6 Å². The van der Waals surface area contributed by atoms with Crippen LogP contribution in [0.3, 0.4) is 0 Å². The first-order valence-corrected chi connectivity index (χ1v) is 4.57. The van der Waals surface area contributed by atoms with Gasteiger partial charge in [-0.3, -0.25) is 9.89 Å². The number of amides is 1. The van der Waals surface area contributed by atoms with Gasteiger partial charge < -0.3 is 9.73 Å². The van der Waals surface area contributed by atoms with E-state index in [1.807, 2.05) is 0 Å². The Hall–Kier alpha value is -2.04. The van der Waals surface area contributed by atoms with Crippen LogP contribution in [0.5, 0.6) is 0 Å². The zero-order valence-electron chi connectivity index (χ0n) is 8.28. The van der Waals surface area contributed by atoms with Crippen molar-refractivity contribution >= 4 is 5.91 Å². The smallest absolute Gasteiger partial charge is 0.254 e. The third-order valence-electron chi connectivity index (χ3n) is 1.99. The topological polar surface area (TPSA) is 70.9 Å². The van der Waals surface area contributed by atoms with Gasteiger partial charge in [-0.1, -0.05) is 0 Å². The van der Waals surface area contributed by atoms with Crippen LogP contribution in [0.2, 0.25) is 0 Å². The second-order valence-corrected chi connectivity index (χ2v) is 3.21. The van der Waals surface area contributed by atoms with Crippen molar-refractivity contribution in [2.75, 3.05) is 0 Å². The zero-order chi connectivity index (χ0) is 10.7. The molecule has 0 aliphatic rings. The molecule has 0 radical (unpaired) electrons. The molecule has 0 unspecified atom stereocenters. The number of furan rings is 1. The standard InChI is InChI=1S/C10H11N3O2/c1-7-4-8(6-15-7)10(14)11-5-9-2-3-12-13-9/h2-4,6H,5H2,1H3,(H,11,14)(H,12,13). The number of aromatic amines is 1. The van der Waals surface area contributed by atoms with Gasteiger partial charge in [0, 0.05) is 6.20 Å². The third-order valence-corrected chi connectivity index (χ3v) is 1.99. The Balaban J connectivity index is 1.93. The molecule has 15 heavy (non-hydrogen) atoms. The number of rotatable bonds is 3. The summed E-state index contributed by atoms with van der Waals surface area (Å²) in [5.41, 5.74) is 1.40. The molecule has 0 saturated carbocycles. The summed E-state index contributed by atoms with van der Waals surface area (Å²) in [4.78, 5) is 11.5. The molecule has 0 aliphatic carbocycles. The summed E-state index contributed by atoms with van der Waals surface area (Å²) in [5, 5.41) is 9.29. The van der Waals surface area contributed by atoms with E-state index in [1.165, 1.54) is 6.26 Å². The molecule has 5 heteroatoms. The number of hydrogen-bond acceptors (Lipinski definition) is 3. The molecule has 1 amide bonds. The normalized spacial score (nSPS) is 10.2. The van der Waals surface area contributed by atoms with Crippen LogP contribution in [0, 0.1) is 6.92 Å². The monoisotopic (exact) mass is 205 g/mol. The van der Waals surface area contributed by atoms with Gasteiger partial charge in [0.25, 0.3) is 5.91 Å². The van der Waals surface area contributed by atoms with Gasteiger partial charge in [-0.05, 0) is 19.1 Å². The predicted molar refractivity (Wildman–Crippen MR) is 53.2 cm³/mol. The molecule has 78 valence electrons. The Bertz CT molecular complexity index is 445. The maximum atomic E-state index is 11.5. The lowest BCUT2D eigenvalue weighted by molar-refractivity contribution is 0.0950. The molecule has 0 saturated heterocycles. The highest BCUT2D eigenvalue weighted by Gasteiger charge is 2.07. The van der Waals surface area contributed by atoms with Crippen LogP contribution in [0.15, 0.2) is 29.0 Å². The van der Waals surface area contributed by atoms with Crippen LogP contribution >= 0.6 is 0 Å². The first-order chi connectivity index (χ1) is 7.25. The molecule has 0 atom stereocenters. The number of aryl methyl sites for hydroxylation is 1. The van der Waals surface area contributed by atoms with Gasteiger partial charge in [0.1, 0.15) is 12.0 Å². The minimum absolute atomic E-state index is 0.151. The Morgan fingerprint density at radius 3 is 3.13 bits per heavy atom. The van der Waals surface area contributed by atoms with Gasteiger partial charge in [-0.2, -0.15) is 5.10 Å². The molecular weight excluding hydrogens is 194 g/mol. The largest absolute Gasteiger partial charge is 0.469 e. The second-order valence-electron chi connectivity index (χ2n) is 3.21. The van der Waals surface area contributed by atoms with Gasteiger partial charge >= 0.3 is 0 Å². The van der Waals surface area contributed by atoms with Crippen molar-refractivity contribution in [1.82, 2.24) is 15.5 Å². The Morgan fingerprint density at radius 2 is 2.53 bits per heavy atom. The molecule has 5 nitrogen and oxygen atoms in total. The van der Waals surface area contributed by atoms with E-state index < -0.39 is 0 Å². The van der Waals surface area contributed by atoms with Gasteiger partial charge in [-0.25, -0.2) is 0 Å². The number of nitrogens with one attached hydrogen (secondary N) is 2. The van der Waals surface area contributed by atoms with Crippen LogP contribution in [0.25, 0.3) is 0 Å². The fourth-order valence-electron chi connectivity index (χ4n) is 1.22. The number of H-pyrrole nitrogens is 1. The van der Waals surface area contributed by atoms with Crippen LogP contribution in [-0.4, -0.2) is 16.1 Å². The van der Waals surface area contributed by atoms with Crippen molar-refractivity contribution in [3.8, 4) is 0 Å². The highest BCUT2D eigenvalue weighted by atomic mass is 16.3. The summed E-state index contributed by atoms with van der Waals surface area (Å²) in [7, 11) is 0. The number of hydrogen-bond donors (Lipinski definition) is 2. The Kier molecular flexibility index (Phi) is 2.53. The van der Waals surface area contributed by atoms with Gasteiger partial charge in [-0.15, -0.1) is 0 Å². The van der Waals surface area contributed by atoms with E-state index in [0.29, 0.717) is 12.1 Å². The van der Waals surface area contributed by atoms with Crippen LogP contribution in [0.4, 0.5) is 0 Å². The lowest BCUT2D eigenvalue weighted by Gasteiger charge is -1.99. The average Bonchev–Trinajstić information content (AvgIpc) is 2.84. The predicted octanol–water partition coefficient (Wildman–Crippen LogP) is 1.24. The summed E-state index contributed by atoms with van der Waals surface area (Å²) >= 11 is 0. The molecule has 0 spiro atoms. The number of nitrogens with zero attached hydrogens (tertiary/aromatic N) is 1. The lowest BCUT2D eigenvalue weighted by Crippen LogP contribution is -2.22. The van der Waals surface area contributed by atoms with Crippen molar-refractivity contribution in [2.45, 2.75) is 13.5 Å². The quantitative estimate of drug-likeness (QED) is 0.791. The molecule has 2 aromatic rings. The van der Waals surface area contributed by atoms with Crippen molar-refractivity contribution in [2.24, 2.45) is 0 Å². The van der Waals surface area contributed by atoms with E-state index in [9.17, 15) is 4.79 Å². The molecule has 2 aromatic heterocycles. The van der Waals surface area contributed by atoms with E-state index in [0.717, 1.165) is 11.5 Å². The first kappa shape index (κ1) is 9.51. The maximum absolute atomic E-state index is 11.5. The molecule has 0 fully saturated rings. The average molecular weight is 205 g/mol. The van der Waals surface area contributed by atoms with Crippen LogP contribution in [-0.2, 0) is 6.54 Å². The molecule has 0 aliphatic heterocycles. The Morgan fingerprint density at radius 1 is 1.67 bits per heavy atom. The summed E-state index contributed by atoms with van der Waals surface area (Å²) in [6, 6.07) is 3.50. The van der Waals surface area contributed by atoms with E-state index >= 15 is 0 Å². The van der Waals surface area contributed by atoms with Crippen LogP contribution in [0.1, 0.15) is 21.8 Å². The number of aromatic nitrogens is 2. The molecule has 2 heterocycles. The minimum Gasteiger partial charge on any atom is -0.469 e. The van der Waals surface area contributed by atoms with Crippen molar-refractivity contribution < 1.29 is 9.21 Å². The molecule has 0 bridgehead atoms. The Labute approximate surface area is 86.5 Å². The van der Waals surface area contributed by atoms with E-state index in [1.54, 1.807) is 25.3 Å². The maximum Gasteiger partial charge on any atom is 0.254 e. The SMILES string of the molecule is Cc1cc(C(=O)NCc2ccn[nH]2)co1. The molecule has 2 rings (SSSR count). The van der Waals surface area contributed by atoms with Crippen LogP contribution < -0.4 is 5.32 Å². The molecule has 0 aromatic carbocycles. The summed E-state index contributed by atoms with van der Waals surface area (Å²) in [5.74, 6) is 0.572. The minimum atomic E-state index is -0.151. The van der Waals surface area contributed by atoms with E-state index in [-0.39, 0.29) is 5.91 Å². The highest BCUT2D eigenvalue weighted by Crippen LogP contribution is 2.05. The van der Waals surface area contributed by atoms with Crippen molar-refractivity contribution in [1.29, 1.82) is 0 Å². The third kappa shape index (κ3) is 2.25. The zero-order valence-corrected chi connectivity index (χ0v) is 8.28. The van der Waals surface area contributed by atoms with E-state index in [2.05, 4.69) is 15.5 Å². The second kappa shape index (κ2) is 4.00. The summed E-state index contributed by atoms with van der Waals surface area (Å²) in [6.45, 7) is 2.23. The first-order valence-electron chi connectivity index (χ1n) is 4.57. The number of carbonyl (C=O) groups excluding carboxylic acids is 1. The fraction of sp³-hybridized carbons (Fsp3) is 0.200. The van der Waals surface area contributed by atoms with E-state index in [4.69, 9.17) is 4.42 Å². The lowest BCUT2D eigenvalue weighted by atomic mass is 10.3. The summed E-state index contributed by atoms with van der Waals surface area (Å²) in [6.07, 6.45) is 3.08. The van der Waals surface area contributed by atoms with Gasteiger partial charge in [0.15, 0.2) is 0 Å². The molecular formula is C10H11N3O2. The van der Waals surface area contributed by atoms with Gasteiger partial charge in [0.05, 0.1) is 17.8 Å². The fourth-order valence-corrected chi connectivity index (χ4v) is 1.22. The highest BCUT2D eigenvalue weighted by molar-refractivity contribution is 5.93.